The summed E-state index contributed by atoms with van der Waals surface area (Å²) in [4.78, 5) is 14.5. The molecule has 0 aromatic heterocycles. The Morgan fingerprint density at radius 1 is 1.10 bits per heavy atom. The van der Waals surface area contributed by atoms with Crippen LogP contribution in [0.4, 0.5) is 0 Å². The highest BCUT2D eigenvalue weighted by Crippen LogP contribution is 2.18. The Morgan fingerprint density at radius 3 is 2.24 bits per heavy atom. The summed E-state index contributed by atoms with van der Waals surface area (Å²) in [6, 6.07) is 0. The third kappa shape index (κ3) is 15.2. The van der Waals surface area contributed by atoms with E-state index in [0.717, 1.165) is 12.8 Å². The molecule has 0 amide bonds. The number of rotatable bonds is 14. The van der Waals surface area contributed by atoms with Gasteiger partial charge in [-0.1, -0.05) is 27.2 Å². The van der Waals surface area contributed by atoms with E-state index in [-0.39, 0.29) is 18.6 Å². The number of hydrogen-bond donors (Lipinski definition) is 1. The number of carboxylic acids is 1. The molecule has 0 aliphatic heterocycles. The summed E-state index contributed by atoms with van der Waals surface area (Å²) < 4.78 is 15.4. The molecule has 124 valence electrons. The third-order valence-corrected chi connectivity index (χ3v) is 2.67. The molecule has 6 heteroatoms. The van der Waals surface area contributed by atoms with Crippen LogP contribution in [-0.4, -0.2) is 63.5 Å². The maximum absolute atomic E-state index is 10.2. The third-order valence-electron chi connectivity index (χ3n) is 2.67. The van der Waals surface area contributed by atoms with Crippen molar-refractivity contribution in [2.75, 3.05) is 46.2 Å². The van der Waals surface area contributed by atoms with Crippen molar-refractivity contribution in [2.45, 2.75) is 33.6 Å². The van der Waals surface area contributed by atoms with E-state index in [1.165, 1.54) is 0 Å². The molecule has 0 atom stereocenters. The molecule has 0 aliphatic carbocycles. The van der Waals surface area contributed by atoms with E-state index in [0.29, 0.717) is 33.0 Å². The Morgan fingerprint density at radius 2 is 1.67 bits per heavy atom. The number of carbonyl (C=O) groups is 1. The highest BCUT2D eigenvalue weighted by molar-refractivity contribution is 5.68. The summed E-state index contributed by atoms with van der Waals surface area (Å²) in [7, 11) is 0. The highest BCUT2D eigenvalue weighted by atomic mass is 16.5. The lowest BCUT2D eigenvalue weighted by molar-refractivity contribution is -0.142. The summed E-state index contributed by atoms with van der Waals surface area (Å²) >= 11 is 0. The molecule has 1 N–H and O–H groups in total. The minimum atomic E-state index is -0.971. The van der Waals surface area contributed by atoms with Crippen LogP contribution in [0.3, 0.4) is 0 Å². The van der Waals surface area contributed by atoms with Crippen LogP contribution in [-0.2, 0) is 19.0 Å². The van der Waals surface area contributed by atoms with Crippen LogP contribution in [0, 0.1) is 5.41 Å². The molecule has 0 aromatic carbocycles. The maximum atomic E-state index is 10.2. The van der Waals surface area contributed by atoms with Gasteiger partial charge in [-0.2, -0.15) is 0 Å². The van der Waals surface area contributed by atoms with Gasteiger partial charge in [-0.25, -0.2) is 4.79 Å². The van der Waals surface area contributed by atoms with Gasteiger partial charge in [-0.3, -0.25) is 4.99 Å². The molecule has 0 rings (SSSR count). The Kier molecular flexibility index (Phi) is 12.1. The normalized spacial score (nSPS) is 12.1. The second-order valence-electron chi connectivity index (χ2n) is 5.44. The predicted octanol–water partition coefficient (Wildman–Crippen LogP) is 2.02. The minimum absolute atomic E-state index is 0.161. The second kappa shape index (κ2) is 12.7. The number of aliphatic carboxylic acids is 1. The fraction of sp³-hybridized carbons (Fsp3) is 0.867. The lowest BCUT2D eigenvalue weighted by Gasteiger charge is -2.17. The van der Waals surface area contributed by atoms with E-state index < -0.39 is 5.97 Å². The Hall–Kier alpha value is -0.980. The summed E-state index contributed by atoms with van der Waals surface area (Å²) in [6.07, 6.45) is 4.30. The molecule has 0 aliphatic rings. The van der Waals surface area contributed by atoms with Gasteiger partial charge < -0.3 is 19.3 Å². The summed E-state index contributed by atoms with van der Waals surface area (Å²) in [6.45, 7) is 9.13. The standard InChI is InChI=1S/C15H29NO5/c1-4-5-15(2,3)13-16-6-7-19-8-9-20-10-11-21-12-14(17)18/h13H,4-12H2,1-3H3,(H,17,18)/b16-13+. The van der Waals surface area contributed by atoms with E-state index in [2.05, 4.69) is 25.8 Å². The smallest absolute Gasteiger partial charge is 0.329 e. The Labute approximate surface area is 127 Å². The highest BCUT2D eigenvalue weighted by Gasteiger charge is 2.12. The molecule has 0 spiro atoms. The molecule has 21 heavy (non-hydrogen) atoms. The summed E-state index contributed by atoms with van der Waals surface area (Å²) in [5, 5.41) is 8.34. The van der Waals surface area contributed by atoms with Crippen molar-refractivity contribution in [3.63, 3.8) is 0 Å². The topological polar surface area (TPSA) is 77.3 Å². The van der Waals surface area contributed by atoms with Crippen molar-refractivity contribution in [3.05, 3.63) is 0 Å². The van der Waals surface area contributed by atoms with E-state index >= 15 is 0 Å². The zero-order valence-corrected chi connectivity index (χ0v) is 13.5. The first-order chi connectivity index (χ1) is 9.98. The maximum Gasteiger partial charge on any atom is 0.329 e. The monoisotopic (exact) mass is 303 g/mol. The van der Waals surface area contributed by atoms with Crippen LogP contribution >= 0.6 is 0 Å². The first kappa shape index (κ1) is 20.0. The van der Waals surface area contributed by atoms with Gasteiger partial charge in [0.25, 0.3) is 0 Å². The fourth-order valence-corrected chi connectivity index (χ4v) is 1.74. The van der Waals surface area contributed by atoms with Crippen molar-refractivity contribution in [1.29, 1.82) is 0 Å². The van der Waals surface area contributed by atoms with E-state index in [1.54, 1.807) is 0 Å². The van der Waals surface area contributed by atoms with Crippen LogP contribution in [0.15, 0.2) is 4.99 Å². The van der Waals surface area contributed by atoms with Crippen molar-refractivity contribution >= 4 is 12.2 Å². The Balaban J connectivity index is 3.29. The molecular formula is C15H29NO5. The molecule has 0 unspecified atom stereocenters. The van der Waals surface area contributed by atoms with Gasteiger partial charge in [0.15, 0.2) is 0 Å². The molecular weight excluding hydrogens is 274 g/mol. The average molecular weight is 303 g/mol. The summed E-state index contributed by atoms with van der Waals surface area (Å²) in [5.74, 6) is -0.971. The predicted molar refractivity (Wildman–Crippen MR) is 82.1 cm³/mol. The molecule has 0 bridgehead atoms. The van der Waals surface area contributed by atoms with Crippen LogP contribution in [0.5, 0.6) is 0 Å². The zero-order chi connectivity index (χ0) is 16.0. The lowest BCUT2D eigenvalue weighted by atomic mass is 9.90. The molecule has 0 saturated carbocycles. The van der Waals surface area contributed by atoms with Crippen LogP contribution < -0.4 is 0 Å². The number of aliphatic imine (C=N–C) groups is 1. The van der Waals surface area contributed by atoms with Gasteiger partial charge in [0, 0.05) is 6.21 Å². The fourth-order valence-electron chi connectivity index (χ4n) is 1.74. The molecule has 0 fully saturated rings. The van der Waals surface area contributed by atoms with Crippen molar-refractivity contribution in [2.24, 2.45) is 10.4 Å². The first-order valence-electron chi connectivity index (χ1n) is 7.44. The van der Waals surface area contributed by atoms with Crippen molar-refractivity contribution < 1.29 is 24.1 Å². The van der Waals surface area contributed by atoms with Gasteiger partial charge in [-0.15, -0.1) is 0 Å². The van der Waals surface area contributed by atoms with Gasteiger partial charge in [-0.05, 0) is 11.8 Å². The quantitative estimate of drug-likeness (QED) is 0.392. The molecule has 0 saturated heterocycles. The van der Waals surface area contributed by atoms with Crippen molar-refractivity contribution in [3.8, 4) is 0 Å². The van der Waals surface area contributed by atoms with Gasteiger partial charge in [0.2, 0.25) is 0 Å². The molecule has 0 aromatic rings. The second-order valence-corrected chi connectivity index (χ2v) is 5.44. The first-order valence-corrected chi connectivity index (χ1v) is 7.44. The summed E-state index contributed by atoms with van der Waals surface area (Å²) in [5.41, 5.74) is 0.161. The lowest BCUT2D eigenvalue weighted by Crippen LogP contribution is -2.14. The number of nitrogens with zero attached hydrogens (tertiary/aromatic N) is 1. The minimum Gasteiger partial charge on any atom is -0.480 e. The van der Waals surface area contributed by atoms with Crippen LogP contribution in [0.25, 0.3) is 0 Å². The average Bonchev–Trinajstić information content (AvgIpc) is 2.39. The van der Waals surface area contributed by atoms with Gasteiger partial charge >= 0.3 is 5.97 Å². The Bertz CT molecular complexity index is 292. The van der Waals surface area contributed by atoms with Gasteiger partial charge in [0.05, 0.1) is 39.6 Å². The largest absolute Gasteiger partial charge is 0.480 e. The van der Waals surface area contributed by atoms with E-state index in [9.17, 15) is 4.79 Å². The molecule has 0 heterocycles. The molecule has 0 radical (unpaired) electrons. The van der Waals surface area contributed by atoms with Crippen LogP contribution in [0.2, 0.25) is 0 Å². The van der Waals surface area contributed by atoms with E-state index in [4.69, 9.17) is 19.3 Å². The molecule has 6 nitrogen and oxygen atoms in total. The zero-order valence-electron chi connectivity index (χ0n) is 13.5. The van der Waals surface area contributed by atoms with E-state index in [1.807, 2.05) is 6.21 Å². The van der Waals surface area contributed by atoms with Crippen molar-refractivity contribution in [1.82, 2.24) is 0 Å². The number of carboxylic acid groups (broad SMARTS) is 1. The van der Waals surface area contributed by atoms with Crippen LogP contribution in [0.1, 0.15) is 33.6 Å². The number of ether oxygens (including phenoxy) is 3. The number of hydrogen-bond acceptors (Lipinski definition) is 5. The SMILES string of the molecule is CCCC(C)(C)/C=N/CCOCCOCCOCC(=O)O. The van der Waals surface area contributed by atoms with Gasteiger partial charge in [0.1, 0.15) is 6.61 Å².